The third-order valence-electron chi connectivity index (χ3n) is 3.32. The number of aryl methyl sites for hydroxylation is 1. The van der Waals surface area contributed by atoms with Crippen molar-refractivity contribution >= 4 is 23.3 Å². The molecule has 0 spiro atoms. The number of hydrogen-bond donors (Lipinski definition) is 1. The van der Waals surface area contributed by atoms with Gasteiger partial charge in [0.25, 0.3) is 0 Å². The highest BCUT2D eigenvalue weighted by atomic mass is 32.1. The van der Waals surface area contributed by atoms with Gasteiger partial charge in [0.2, 0.25) is 0 Å². The number of aromatic amines is 1. The first-order chi connectivity index (χ1) is 8.80. The van der Waals surface area contributed by atoms with Gasteiger partial charge in [-0.05, 0) is 50.3 Å². The van der Waals surface area contributed by atoms with Crippen LogP contribution in [0.1, 0.15) is 19.4 Å². The highest BCUT2D eigenvalue weighted by Gasteiger charge is 2.21. The third-order valence-corrected chi connectivity index (χ3v) is 3.65. The Bertz CT molecular complexity index is 634. The zero-order valence-electron chi connectivity index (χ0n) is 12.4. The van der Waals surface area contributed by atoms with Crippen LogP contribution in [0.3, 0.4) is 0 Å². The Morgan fingerprint density at radius 2 is 2.00 bits per heavy atom. The van der Waals surface area contributed by atoms with Crippen molar-refractivity contribution in [3.8, 4) is 0 Å². The van der Waals surface area contributed by atoms with Crippen molar-refractivity contribution in [1.29, 1.82) is 0 Å². The second-order valence-electron chi connectivity index (χ2n) is 6.39. The van der Waals surface area contributed by atoms with E-state index in [9.17, 15) is 0 Å². The summed E-state index contributed by atoms with van der Waals surface area (Å²) >= 11 is 5.49. The van der Waals surface area contributed by atoms with Gasteiger partial charge < -0.3 is 14.5 Å². The van der Waals surface area contributed by atoms with Crippen LogP contribution in [-0.2, 0) is 6.54 Å². The Balaban J connectivity index is 2.46. The Hall–Kier alpha value is -1.13. The molecular weight excluding hydrogens is 254 g/mol. The van der Waals surface area contributed by atoms with E-state index in [0.29, 0.717) is 0 Å². The summed E-state index contributed by atoms with van der Waals surface area (Å²) in [6.07, 6.45) is 0. The number of hydrogen-bond acceptors (Lipinski definition) is 2. The SMILES string of the molecule is Cc1cccc2[nH]c(=S)n(CC(C)(C)CN(C)C)c12. The maximum Gasteiger partial charge on any atom is 0.178 e. The highest BCUT2D eigenvalue weighted by molar-refractivity contribution is 7.71. The fraction of sp³-hybridized carbons (Fsp3) is 0.533. The van der Waals surface area contributed by atoms with Crippen molar-refractivity contribution in [2.75, 3.05) is 20.6 Å². The molecule has 3 nitrogen and oxygen atoms in total. The normalized spacial score (nSPS) is 12.5. The highest BCUT2D eigenvalue weighted by Crippen LogP contribution is 2.24. The van der Waals surface area contributed by atoms with Crippen LogP contribution in [0.4, 0.5) is 0 Å². The van der Waals surface area contributed by atoms with Gasteiger partial charge in [0.15, 0.2) is 4.77 Å². The first-order valence-corrected chi connectivity index (χ1v) is 7.04. The van der Waals surface area contributed by atoms with E-state index in [-0.39, 0.29) is 5.41 Å². The lowest BCUT2D eigenvalue weighted by atomic mass is 9.92. The lowest BCUT2D eigenvalue weighted by Gasteiger charge is -2.29. The van der Waals surface area contributed by atoms with Crippen LogP contribution in [0, 0.1) is 17.1 Å². The maximum absolute atomic E-state index is 5.49. The largest absolute Gasteiger partial charge is 0.331 e. The second-order valence-corrected chi connectivity index (χ2v) is 6.78. The minimum Gasteiger partial charge on any atom is -0.331 e. The number of H-pyrrole nitrogens is 1. The molecule has 1 aromatic carbocycles. The summed E-state index contributed by atoms with van der Waals surface area (Å²) in [5.41, 5.74) is 3.81. The number of benzene rings is 1. The van der Waals surface area contributed by atoms with E-state index in [1.807, 2.05) is 0 Å². The Labute approximate surface area is 120 Å². The summed E-state index contributed by atoms with van der Waals surface area (Å²) in [5.74, 6) is 0. The molecule has 1 heterocycles. The fourth-order valence-corrected chi connectivity index (χ4v) is 3.15. The van der Waals surface area contributed by atoms with E-state index < -0.39 is 0 Å². The predicted molar refractivity (Wildman–Crippen MR) is 84.2 cm³/mol. The molecule has 19 heavy (non-hydrogen) atoms. The van der Waals surface area contributed by atoms with Gasteiger partial charge in [-0.2, -0.15) is 0 Å². The molecular formula is C15H23N3S. The van der Waals surface area contributed by atoms with Gasteiger partial charge in [-0.15, -0.1) is 0 Å². The lowest BCUT2D eigenvalue weighted by Crippen LogP contribution is -2.32. The summed E-state index contributed by atoms with van der Waals surface area (Å²) in [7, 11) is 4.23. The van der Waals surface area contributed by atoms with Gasteiger partial charge in [0, 0.05) is 13.1 Å². The molecule has 0 amide bonds. The van der Waals surface area contributed by atoms with Crippen LogP contribution in [0.2, 0.25) is 0 Å². The Kier molecular flexibility index (Phi) is 3.83. The van der Waals surface area contributed by atoms with Gasteiger partial charge in [0.05, 0.1) is 11.0 Å². The minimum absolute atomic E-state index is 0.180. The predicted octanol–water partition coefficient (Wildman–Crippen LogP) is 3.60. The lowest BCUT2D eigenvalue weighted by molar-refractivity contribution is 0.212. The van der Waals surface area contributed by atoms with Crippen molar-refractivity contribution < 1.29 is 0 Å². The molecule has 2 rings (SSSR count). The third kappa shape index (κ3) is 3.07. The first-order valence-electron chi connectivity index (χ1n) is 6.63. The van der Waals surface area contributed by atoms with Crippen LogP contribution < -0.4 is 0 Å². The van der Waals surface area contributed by atoms with Crippen molar-refractivity contribution in [1.82, 2.24) is 14.5 Å². The monoisotopic (exact) mass is 277 g/mol. The fourth-order valence-electron chi connectivity index (χ4n) is 2.89. The minimum atomic E-state index is 0.180. The van der Waals surface area contributed by atoms with Crippen LogP contribution in [0.5, 0.6) is 0 Å². The van der Waals surface area contributed by atoms with Gasteiger partial charge in [-0.3, -0.25) is 0 Å². The van der Waals surface area contributed by atoms with Gasteiger partial charge in [0.1, 0.15) is 0 Å². The molecule has 0 aliphatic rings. The molecule has 0 unspecified atom stereocenters. The molecule has 1 N–H and O–H groups in total. The van der Waals surface area contributed by atoms with Gasteiger partial charge in [-0.25, -0.2) is 0 Å². The number of aromatic nitrogens is 2. The molecule has 2 aromatic rings. The molecule has 104 valence electrons. The number of imidazole rings is 1. The van der Waals surface area contributed by atoms with E-state index in [4.69, 9.17) is 12.2 Å². The van der Waals surface area contributed by atoms with Crippen molar-refractivity contribution in [3.05, 3.63) is 28.5 Å². The Morgan fingerprint density at radius 1 is 1.32 bits per heavy atom. The van der Waals surface area contributed by atoms with Gasteiger partial charge >= 0.3 is 0 Å². The van der Waals surface area contributed by atoms with E-state index in [1.165, 1.54) is 11.1 Å². The van der Waals surface area contributed by atoms with Gasteiger partial charge in [-0.1, -0.05) is 26.0 Å². The van der Waals surface area contributed by atoms with Crippen LogP contribution in [0.25, 0.3) is 11.0 Å². The van der Waals surface area contributed by atoms with Crippen molar-refractivity contribution in [3.63, 3.8) is 0 Å². The van der Waals surface area contributed by atoms with Crippen LogP contribution in [-0.4, -0.2) is 35.1 Å². The smallest absolute Gasteiger partial charge is 0.178 e. The molecule has 0 saturated carbocycles. The molecule has 0 radical (unpaired) electrons. The van der Waals surface area contributed by atoms with Crippen molar-refractivity contribution in [2.24, 2.45) is 5.41 Å². The summed E-state index contributed by atoms with van der Waals surface area (Å²) in [5, 5.41) is 0. The topological polar surface area (TPSA) is 24.0 Å². The zero-order valence-corrected chi connectivity index (χ0v) is 13.3. The molecule has 1 aromatic heterocycles. The van der Waals surface area contributed by atoms with E-state index in [1.54, 1.807) is 0 Å². The number of fused-ring (bicyclic) bond motifs is 1. The number of nitrogens with zero attached hydrogens (tertiary/aromatic N) is 2. The molecule has 0 atom stereocenters. The average molecular weight is 277 g/mol. The second kappa shape index (κ2) is 5.10. The maximum atomic E-state index is 5.49. The van der Waals surface area contributed by atoms with E-state index >= 15 is 0 Å². The zero-order chi connectivity index (χ0) is 14.2. The molecule has 4 heteroatoms. The number of nitrogens with one attached hydrogen (secondary N) is 1. The number of para-hydroxylation sites is 1. The van der Waals surface area contributed by atoms with Crippen LogP contribution in [0.15, 0.2) is 18.2 Å². The quantitative estimate of drug-likeness (QED) is 0.863. The van der Waals surface area contributed by atoms with E-state index in [0.717, 1.165) is 23.4 Å². The van der Waals surface area contributed by atoms with E-state index in [2.05, 4.69) is 67.5 Å². The molecule has 0 bridgehead atoms. The van der Waals surface area contributed by atoms with Crippen molar-refractivity contribution in [2.45, 2.75) is 27.3 Å². The standard InChI is InChI=1S/C15H23N3S/c1-11-7-6-8-12-13(11)18(14(19)16-12)10-15(2,3)9-17(4)5/h6-8H,9-10H2,1-5H3,(H,16,19). The van der Waals surface area contributed by atoms with Crippen LogP contribution >= 0.6 is 12.2 Å². The summed E-state index contributed by atoms with van der Waals surface area (Å²) in [6, 6.07) is 6.30. The summed E-state index contributed by atoms with van der Waals surface area (Å²) in [6.45, 7) is 8.67. The molecule has 0 saturated heterocycles. The molecule has 0 aliphatic carbocycles. The summed E-state index contributed by atoms with van der Waals surface area (Å²) < 4.78 is 3.06. The molecule has 0 fully saturated rings. The number of rotatable bonds is 4. The Morgan fingerprint density at radius 3 is 2.63 bits per heavy atom. The molecule has 0 aliphatic heterocycles. The summed E-state index contributed by atoms with van der Waals surface area (Å²) in [4.78, 5) is 5.54. The first kappa shape index (κ1) is 14.3. The average Bonchev–Trinajstić information content (AvgIpc) is 2.54.